The van der Waals surface area contributed by atoms with Gasteiger partial charge in [0.15, 0.2) is 0 Å². The molecule has 1 saturated heterocycles. The molecule has 4 nitrogen and oxygen atoms in total. The third kappa shape index (κ3) is 5.33. The van der Waals surface area contributed by atoms with Crippen molar-refractivity contribution in [2.45, 2.75) is 56.5 Å². The van der Waals surface area contributed by atoms with Gasteiger partial charge in [0.1, 0.15) is 0 Å². The van der Waals surface area contributed by atoms with Crippen LogP contribution >= 0.6 is 23.2 Å². The Morgan fingerprint density at radius 1 is 1.03 bits per heavy atom. The van der Waals surface area contributed by atoms with Crippen molar-refractivity contribution in [3.8, 4) is 0 Å². The lowest BCUT2D eigenvalue weighted by atomic mass is 9.87. The van der Waals surface area contributed by atoms with E-state index in [9.17, 15) is 8.42 Å². The van der Waals surface area contributed by atoms with Gasteiger partial charge in [0.05, 0.1) is 14.9 Å². The van der Waals surface area contributed by atoms with E-state index in [1.165, 1.54) is 0 Å². The summed E-state index contributed by atoms with van der Waals surface area (Å²) in [6.45, 7) is 8.13. The van der Waals surface area contributed by atoms with Crippen molar-refractivity contribution in [3.05, 3.63) is 63.6 Å². The van der Waals surface area contributed by atoms with Crippen LogP contribution in [0.5, 0.6) is 0 Å². The van der Waals surface area contributed by atoms with Crippen LogP contribution in [0.4, 0.5) is 0 Å². The van der Waals surface area contributed by atoms with Crippen molar-refractivity contribution in [2.24, 2.45) is 0 Å². The van der Waals surface area contributed by atoms with E-state index in [1.54, 1.807) is 28.6 Å². The van der Waals surface area contributed by atoms with E-state index in [0.717, 1.165) is 37.1 Å². The van der Waals surface area contributed by atoms with Gasteiger partial charge in [-0.3, -0.25) is 0 Å². The minimum Gasteiger partial charge on any atom is -0.317 e. The molecule has 0 atom stereocenters. The van der Waals surface area contributed by atoms with Crippen molar-refractivity contribution in [2.75, 3.05) is 13.1 Å². The number of benzene rings is 2. The largest absolute Gasteiger partial charge is 0.317 e. The molecule has 1 aliphatic rings. The molecule has 0 spiro atoms. The maximum Gasteiger partial charge on any atom is 0.243 e. The summed E-state index contributed by atoms with van der Waals surface area (Å²) in [5.74, 6) is 0. The number of nitrogens with zero attached hydrogens (tertiary/aromatic N) is 1. The predicted molar refractivity (Wildman–Crippen MR) is 120 cm³/mol. The molecule has 1 N–H and O–H groups in total. The predicted octanol–water partition coefficient (Wildman–Crippen LogP) is 5.23. The zero-order valence-electron chi connectivity index (χ0n) is 17.1. The van der Waals surface area contributed by atoms with E-state index < -0.39 is 10.0 Å². The second-order valence-electron chi connectivity index (χ2n) is 8.56. The first-order valence-corrected chi connectivity index (χ1v) is 12.1. The fourth-order valence-corrected chi connectivity index (χ4v) is 5.62. The molecule has 29 heavy (non-hydrogen) atoms. The lowest BCUT2D eigenvalue weighted by Crippen LogP contribution is -2.45. The highest BCUT2D eigenvalue weighted by Crippen LogP contribution is 2.30. The quantitative estimate of drug-likeness (QED) is 0.672. The summed E-state index contributed by atoms with van der Waals surface area (Å²) in [7, 11) is -3.68. The molecule has 2 aromatic carbocycles. The lowest BCUT2D eigenvalue weighted by molar-refractivity contribution is 0.256. The van der Waals surface area contributed by atoms with Crippen LogP contribution in [-0.2, 0) is 22.0 Å². The van der Waals surface area contributed by atoms with Crippen molar-refractivity contribution < 1.29 is 8.42 Å². The number of nitrogens with one attached hydrogen (secondary N) is 1. The van der Waals surface area contributed by atoms with E-state index in [0.29, 0.717) is 14.9 Å². The summed E-state index contributed by atoms with van der Waals surface area (Å²) in [5.41, 5.74) is 1.70. The number of piperidine rings is 1. The number of rotatable bonds is 5. The molecule has 0 aliphatic carbocycles. The van der Waals surface area contributed by atoms with Gasteiger partial charge >= 0.3 is 0 Å². The number of hydrogen-bond acceptors (Lipinski definition) is 3. The van der Waals surface area contributed by atoms with Gasteiger partial charge < -0.3 is 5.32 Å². The van der Waals surface area contributed by atoms with Crippen LogP contribution in [0.2, 0.25) is 10.0 Å². The third-order valence-electron chi connectivity index (χ3n) is 5.35. The van der Waals surface area contributed by atoms with Gasteiger partial charge in [-0.05, 0) is 66.7 Å². The van der Waals surface area contributed by atoms with Crippen LogP contribution in [-0.4, -0.2) is 31.9 Å². The molecule has 0 aromatic heterocycles. The maximum atomic E-state index is 13.7. The van der Waals surface area contributed by atoms with Gasteiger partial charge in [-0.25, -0.2) is 8.42 Å². The molecule has 0 saturated carbocycles. The van der Waals surface area contributed by atoms with Gasteiger partial charge in [0.25, 0.3) is 0 Å². The number of hydrogen-bond donors (Lipinski definition) is 1. The monoisotopic (exact) mass is 454 g/mol. The summed E-state index contributed by atoms with van der Waals surface area (Å²) in [6, 6.07) is 12.5. The number of sulfonamides is 1. The zero-order chi connectivity index (χ0) is 21.2. The van der Waals surface area contributed by atoms with E-state index in [4.69, 9.17) is 23.2 Å². The molecular formula is C22H28Cl2N2O2S. The highest BCUT2D eigenvalue weighted by molar-refractivity contribution is 7.89. The van der Waals surface area contributed by atoms with Crippen LogP contribution < -0.4 is 5.32 Å². The Hall–Kier alpha value is -1.11. The Bertz CT molecular complexity index is 965. The summed E-state index contributed by atoms with van der Waals surface area (Å²) in [6.07, 6.45) is 1.55. The molecule has 0 bridgehead atoms. The van der Waals surface area contributed by atoms with Crippen LogP contribution in [0.1, 0.15) is 44.7 Å². The van der Waals surface area contributed by atoms with Gasteiger partial charge in [-0.2, -0.15) is 4.31 Å². The first kappa shape index (κ1) is 22.6. The molecule has 7 heteroatoms. The fraction of sp³-hybridized carbons (Fsp3) is 0.455. The summed E-state index contributed by atoms with van der Waals surface area (Å²) < 4.78 is 29.1. The first-order valence-electron chi connectivity index (χ1n) is 9.86. The van der Waals surface area contributed by atoms with Crippen molar-refractivity contribution in [1.82, 2.24) is 9.62 Å². The zero-order valence-corrected chi connectivity index (χ0v) is 19.4. The third-order valence-corrected chi connectivity index (χ3v) is 7.98. The summed E-state index contributed by atoms with van der Waals surface area (Å²) >= 11 is 12.2. The summed E-state index contributed by atoms with van der Waals surface area (Å²) in [5, 5.41) is 4.20. The second-order valence-corrected chi connectivity index (χ2v) is 11.3. The van der Waals surface area contributed by atoms with Crippen molar-refractivity contribution >= 4 is 33.2 Å². The molecule has 0 radical (unpaired) electrons. The highest BCUT2D eigenvalue weighted by Gasteiger charge is 2.33. The Morgan fingerprint density at radius 3 is 2.34 bits per heavy atom. The Balaban J connectivity index is 2.01. The first-order chi connectivity index (χ1) is 13.6. The molecular weight excluding hydrogens is 427 g/mol. The standard InChI is InChI=1S/C22H28Cl2N2O2S/c1-22(2,3)17-5-4-6-19(14-17)29(27,28)26(18-9-11-25-12-10-18)15-16-7-8-20(23)21(24)13-16/h4-8,13-14,18,25H,9-12,15H2,1-3H3. The van der Waals surface area contributed by atoms with E-state index in [1.807, 2.05) is 18.2 Å². The van der Waals surface area contributed by atoms with Crippen LogP contribution in [0.3, 0.4) is 0 Å². The molecule has 2 aromatic rings. The van der Waals surface area contributed by atoms with Crippen LogP contribution in [0.25, 0.3) is 0 Å². The minimum atomic E-state index is -3.68. The van der Waals surface area contributed by atoms with Crippen molar-refractivity contribution in [3.63, 3.8) is 0 Å². The van der Waals surface area contributed by atoms with Crippen LogP contribution in [0, 0.1) is 0 Å². The number of halogens is 2. The minimum absolute atomic E-state index is 0.0611. The molecule has 1 heterocycles. The van der Waals surface area contributed by atoms with Crippen LogP contribution in [0.15, 0.2) is 47.4 Å². The molecule has 3 rings (SSSR count). The Kier molecular flexibility index (Phi) is 6.96. The Labute approximate surface area is 184 Å². The fourth-order valence-electron chi connectivity index (χ4n) is 3.58. The lowest BCUT2D eigenvalue weighted by Gasteiger charge is -2.34. The van der Waals surface area contributed by atoms with Gasteiger partial charge in [0, 0.05) is 12.6 Å². The molecule has 0 unspecified atom stereocenters. The molecule has 0 amide bonds. The SMILES string of the molecule is CC(C)(C)c1cccc(S(=O)(=O)N(Cc2ccc(Cl)c(Cl)c2)C2CCNCC2)c1. The van der Waals surface area contributed by atoms with E-state index >= 15 is 0 Å². The van der Waals surface area contributed by atoms with Gasteiger partial charge in [-0.15, -0.1) is 0 Å². The van der Waals surface area contributed by atoms with E-state index in [2.05, 4.69) is 26.1 Å². The summed E-state index contributed by atoms with van der Waals surface area (Å²) in [4.78, 5) is 0.337. The topological polar surface area (TPSA) is 49.4 Å². The molecule has 1 fully saturated rings. The molecule has 1 aliphatic heterocycles. The average molecular weight is 455 g/mol. The van der Waals surface area contributed by atoms with E-state index in [-0.39, 0.29) is 18.0 Å². The smallest absolute Gasteiger partial charge is 0.243 e. The highest BCUT2D eigenvalue weighted by atomic mass is 35.5. The van der Waals surface area contributed by atoms with Gasteiger partial charge in [0.2, 0.25) is 10.0 Å². The second kappa shape index (κ2) is 8.94. The Morgan fingerprint density at radius 2 is 1.72 bits per heavy atom. The van der Waals surface area contributed by atoms with Gasteiger partial charge in [-0.1, -0.05) is 62.2 Å². The maximum absolute atomic E-state index is 13.7. The average Bonchev–Trinajstić information content (AvgIpc) is 2.69. The molecule has 158 valence electrons. The normalized spacial score (nSPS) is 16.3. The van der Waals surface area contributed by atoms with Crippen molar-refractivity contribution in [1.29, 1.82) is 0 Å².